The number of benzene rings is 2. The van der Waals surface area contributed by atoms with Crippen LogP contribution in [0.4, 0.5) is 0 Å². The molecule has 0 spiro atoms. The van der Waals surface area contributed by atoms with Gasteiger partial charge in [-0.15, -0.1) is 0 Å². The number of H-pyrrole nitrogens is 1. The second-order valence-electron chi connectivity index (χ2n) is 7.98. The van der Waals surface area contributed by atoms with Crippen molar-refractivity contribution in [3.05, 3.63) is 104 Å². The maximum Gasteiger partial charge on any atom is 0.281 e. The Morgan fingerprint density at radius 3 is 2.61 bits per heavy atom. The van der Waals surface area contributed by atoms with E-state index in [4.69, 9.17) is 16.3 Å². The highest BCUT2D eigenvalue weighted by Crippen LogP contribution is 2.17. The van der Waals surface area contributed by atoms with Crippen molar-refractivity contribution < 1.29 is 4.74 Å². The number of fused-ring (bicyclic) bond motifs is 1. The minimum absolute atomic E-state index is 0.154. The number of hydrogen-bond acceptors (Lipinski definition) is 4. The fourth-order valence-corrected chi connectivity index (χ4v) is 4.28. The van der Waals surface area contributed by atoms with Crippen LogP contribution in [0, 0.1) is 0 Å². The van der Waals surface area contributed by atoms with Gasteiger partial charge >= 0.3 is 0 Å². The summed E-state index contributed by atoms with van der Waals surface area (Å²) in [4.78, 5) is 15.7. The van der Waals surface area contributed by atoms with E-state index in [1.54, 1.807) is 10.7 Å². The predicted octanol–water partition coefficient (Wildman–Crippen LogP) is 2.17. The van der Waals surface area contributed by atoms with Crippen LogP contribution in [0.1, 0.15) is 11.3 Å². The van der Waals surface area contributed by atoms with E-state index in [-0.39, 0.29) is 5.56 Å². The Hall–Kier alpha value is -3.55. The number of aromatic amines is 1. The molecule has 168 valence electrons. The van der Waals surface area contributed by atoms with Crippen LogP contribution in [-0.2, 0) is 24.9 Å². The largest absolute Gasteiger partial charge is 0.371 e. The third-order valence-corrected chi connectivity index (χ3v) is 5.99. The second kappa shape index (κ2) is 9.13. The zero-order valence-electron chi connectivity index (χ0n) is 18.2. The van der Waals surface area contributed by atoms with Crippen LogP contribution < -0.4 is 16.1 Å². The number of aryl methyl sites for hydroxylation is 1. The van der Waals surface area contributed by atoms with Gasteiger partial charge in [0, 0.05) is 19.8 Å². The molecule has 3 heterocycles. The van der Waals surface area contributed by atoms with Crippen molar-refractivity contribution in [2.45, 2.75) is 13.2 Å². The van der Waals surface area contributed by atoms with Gasteiger partial charge in [0.25, 0.3) is 5.56 Å². The lowest BCUT2D eigenvalue weighted by molar-refractivity contribution is 0.140. The number of hydrogen-bond donors (Lipinski definition) is 1. The fourth-order valence-electron chi connectivity index (χ4n) is 4.06. The molecule has 0 saturated heterocycles. The summed E-state index contributed by atoms with van der Waals surface area (Å²) in [6.07, 6.45) is 3.94. The van der Waals surface area contributed by atoms with Crippen molar-refractivity contribution in [1.29, 1.82) is 0 Å². The monoisotopic (exact) mass is 461 g/mol. The van der Waals surface area contributed by atoms with Crippen LogP contribution >= 0.6 is 11.6 Å². The molecule has 0 fully saturated rings. The summed E-state index contributed by atoms with van der Waals surface area (Å²) in [6.45, 7) is 1.98. The molecular formula is C25H24ClN5O2. The molecule has 0 aliphatic carbocycles. The summed E-state index contributed by atoms with van der Waals surface area (Å²) in [5, 5.41) is 9.62. The lowest BCUT2D eigenvalue weighted by Gasteiger charge is -2.27. The van der Waals surface area contributed by atoms with Gasteiger partial charge in [0.15, 0.2) is 0 Å². The second-order valence-corrected chi connectivity index (χ2v) is 8.39. The Bertz CT molecular complexity index is 1450. The molecule has 0 unspecified atom stereocenters. The first-order valence-electron chi connectivity index (χ1n) is 10.7. The van der Waals surface area contributed by atoms with E-state index in [0.717, 1.165) is 22.3 Å². The Morgan fingerprint density at radius 1 is 1.06 bits per heavy atom. The van der Waals surface area contributed by atoms with Gasteiger partial charge in [0.2, 0.25) is 0 Å². The van der Waals surface area contributed by atoms with Crippen molar-refractivity contribution in [3.8, 4) is 5.69 Å². The van der Waals surface area contributed by atoms with Crippen LogP contribution in [0.5, 0.6) is 0 Å². The SMILES string of the molecule is Cn1ccc(CN2CC=c3[nH]n(-c4ccccc4Cl)c(=O)c3=C2COCc2ccccc2)n1. The van der Waals surface area contributed by atoms with Gasteiger partial charge in [-0.2, -0.15) is 5.10 Å². The third kappa shape index (κ3) is 4.37. The highest BCUT2D eigenvalue weighted by Gasteiger charge is 2.21. The summed E-state index contributed by atoms with van der Waals surface area (Å²) < 4.78 is 9.36. The number of aromatic nitrogens is 4. The number of ether oxygens (including phenoxy) is 1. The Balaban J connectivity index is 1.56. The average Bonchev–Trinajstić information content (AvgIpc) is 3.39. The molecule has 8 heteroatoms. The van der Waals surface area contributed by atoms with Crippen molar-refractivity contribution in [3.63, 3.8) is 0 Å². The molecule has 7 nitrogen and oxygen atoms in total. The van der Waals surface area contributed by atoms with E-state index in [2.05, 4.69) is 15.1 Å². The van der Waals surface area contributed by atoms with E-state index in [1.165, 1.54) is 4.68 Å². The maximum atomic E-state index is 13.5. The molecule has 1 aliphatic heterocycles. The summed E-state index contributed by atoms with van der Waals surface area (Å²) in [5.41, 5.74) is 3.31. The Labute approximate surface area is 195 Å². The number of nitrogens with one attached hydrogen (secondary N) is 1. The molecule has 1 aliphatic rings. The topological polar surface area (TPSA) is 68.1 Å². The summed E-state index contributed by atoms with van der Waals surface area (Å²) in [7, 11) is 1.89. The number of rotatable bonds is 7. The third-order valence-electron chi connectivity index (χ3n) is 5.67. The van der Waals surface area contributed by atoms with Crippen molar-refractivity contribution in [2.24, 2.45) is 7.05 Å². The van der Waals surface area contributed by atoms with Gasteiger partial charge < -0.3 is 9.64 Å². The minimum Gasteiger partial charge on any atom is -0.371 e. The molecule has 33 heavy (non-hydrogen) atoms. The number of halogens is 1. The van der Waals surface area contributed by atoms with Crippen molar-refractivity contribution >= 4 is 23.4 Å². The van der Waals surface area contributed by atoms with E-state index < -0.39 is 0 Å². The van der Waals surface area contributed by atoms with Crippen LogP contribution in [0.25, 0.3) is 17.5 Å². The first kappa shape index (κ1) is 21.3. The molecular weight excluding hydrogens is 438 g/mol. The summed E-state index contributed by atoms with van der Waals surface area (Å²) >= 11 is 6.38. The molecule has 0 bridgehead atoms. The molecule has 5 rings (SSSR count). The molecule has 4 aromatic rings. The standard InChI is InChI=1S/C25H24ClN5O2/c1-29-13-11-19(27-29)15-30-14-12-21-24(23(30)17-33-16-18-7-3-2-4-8-18)25(32)31(28-21)22-10-6-5-9-20(22)26/h2-13,28H,14-17H2,1H3. The van der Waals surface area contributed by atoms with E-state index in [1.807, 2.05) is 73.9 Å². The maximum absolute atomic E-state index is 13.5. The van der Waals surface area contributed by atoms with E-state index >= 15 is 0 Å². The molecule has 0 atom stereocenters. The van der Waals surface area contributed by atoms with Gasteiger partial charge in [-0.05, 0) is 29.8 Å². The van der Waals surface area contributed by atoms with Crippen LogP contribution in [0.15, 0.2) is 71.7 Å². The van der Waals surface area contributed by atoms with Crippen molar-refractivity contribution in [2.75, 3.05) is 13.2 Å². The quantitative estimate of drug-likeness (QED) is 0.458. The zero-order chi connectivity index (χ0) is 22.8. The minimum atomic E-state index is -0.154. The molecule has 0 amide bonds. The zero-order valence-corrected chi connectivity index (χ0v) is 19.0. The van der Waals surface area contributed by atoms with Crippen LogP contribution in [0.2, 0.25) is 5.02 Å². The Morgan fingerprint density at radius 2 is 1.85 bits per heavy atom. The first-order chi connectivity index (χ1) is 16.1. The summed E-state index contributed by atoms with van der Waals surface area (Å²) in [5.74, 6) is 0. The lowest BCUT2D eigenvalue weighted by Crippen LogP contribution is -2.46. The normalized spacial score (nSPS) is 13.2. The fraction of sp³-hybridized carbons (Fsp3) is 0.200. The predicted molar refractivity (Wildman–Crippen MR) is 128 cm³/mol. The van der Waals surface area contributed by atoms with Crippen molar-refractivity contribution in [1.82, 2.24) is 24.5 Å². The van der Waals surface area contributed by atoms with Crippen LogP contribution in [-0.4, -0.2) is 37.6 Å². The van der Waals surface area contributed by atoms with Gasteiger partial charge in [0.05, 0.1) is 52.4 Å². The van der Waals surface area contributed by atoms with Gasteiger partial charge in [-0.1, -0.05) is 54.1 Å². The Kier molecular flexibility index (Phi) is 5.90. The molecule has 1 N–H and O–H groups in total. The highest BCUT2D eigenvalue weighted by atomic mass is 35.5. The number of nitrogens with zero attached hydrogens (tertiary/aromatic N) is 4. The molecule has 2 aromatic heterocycles. The van der Waals surface area contributed by atoms with Crippen LogP contribution in [0.3, 0.4) is 0 Å². The number of para-hydroxylation sites is 1. The summed E-state index contributed by atoms with van der Waals surface area (Å²) in [6, 6.07) is 19.3. The highest BCUT2D eigenvalue weighted by molar-refractivity contribution is 6.32. The molecule has 0 saturated carbocycles. The van der Waals surface area contributed by atoms with Gasteiger partial charge in [0.1, 0.15) is 0 Å². The smallest absolute Gasteiger partial charge is 0.281 e. The van der Waals surface area contributed by atoms with E-state index in [9.17, 15) is 4.79 Å². The van der Waals surface area contributed by atoms with Gasteiger partial charge in [-0.3, -0.25) is 14.6 Å². The lowest BCUT2D eigenvalue weighted by atomic mass is 10.2. The molecule has 0 radical (unpaired) electrons. The van der Waals surface area contributed by atoms with Gasteiger partial charge in [-0.25, -0.2) is 4.68 Å². The first-order valence-corrected chi connectivity index (χ1v) is 11.1. The van der Waals surface area contributed by atoms with E-state index in [0.29, 0.717) is 42.2 Å². The molecule has 2 aromatic carbocycles. The average molecular weight is 462 g/mol.